The van der Waals surface area contributed by atoms with Crippen LogP contribution >= 0.6 is 11.6 Å². The number of hydrogen-bond donors (Lipinski definition) is 1. The molecule has 0 aliphatic heterocycles. The zero-order chi connectivity index (χ0) is 13.9. The molecule has 0 heterocycles. The summed E-state index contributed by atoms with van der Waals surface area (Å²) in [4.78, 5) is -0.0579. The molecule has 19 heavy (non-hydrogen) atoms. The van der Waals surface area contributed by atoms with Crippen LogP contribution in [-0.2, 0) is 10.0 Å². The van der Waals surface area contributed by atoms with E-state index in [0.717, 1.165) is 0 Å². The van der Waals surface area contributed by atoms with E-state index in [2.05, 4.69) is 4.72 Å². The number of anilines is 1. The van der Waals surface area contributed by atoms with Crippen LogP contribution in [0.1, 0.15) is 5.56 Å². The maximum absolute atomic E-state index is 12.2. The molecule has 0 bridgehead atoms. The second-order valence-corrected chi connectivity index (χ2v) is 5.81. The van der Waals surface area contributed by atoms with E-state index in [-0.39, 0.29) is 10.5 Å². The van der Waals surface area contributed by atoms with Gasteiger partial charge in [0.25, 0.3) is 10.0 Å². The molecule has 0 unspecified atom stereocenters. The molecule has 0 fully saturated rings. The van der Waals surface area contributed by atoms with E-state index < -0.39 is 10.0 Å². The average Bonchev–Trinajstić information content (AvgIpc) is 2.38. The monoisotopic (exact) mass is 292 g/mol. The molecule has 0 aliphatic rings. The Hall–Kier alpha value is -2.03. The lowest BCUT2D eigenvalue weighted by Gasteiger charge is -2.09. The molecule has 0 atom stereocenters. The van der Waals surface area contributed by atoms with Gasteiger partial charge in [-0.2, -0.15) is 5.26 Å². The molecule has 0 saturated carbocycles. The summed E-state index contributed by atoms with van der Waals surface area (Å²) in [5.74, 6) is 0. The van der Waals surface area contributed by atoms with E-state index in [1.165, 1.54) is 18.2 Å². The zero-order valence-electron chi connectivity index (χ0n) is 9.67. The standard InChI is InChI=1S/C13H9ClN2O2S/c14-11-5-3-6-12(8-11)16-19(17,18)13-7-2-1-4-10(13)9-15/h1-8,16H. The zero-order valence-corrected chi connectivity index (χ0v) is 11.2. The number of nitriles is 1. The first-order valence-corrected chi connectivity index (χ1v) is 7.16. The Bertz CT molecular complexity index is 751. The van der Waals surface area contributed by atoms with Gasteiger partial charge in [0.05, 0.1) is 11.3 Å². The lowest BCUT2D eigenvalue weighted by atomic mass is 10.2. The van der Waals surface area contributed by atoms with E-state index in [4.69, 9.17) is 16.9 Å². The van der Waals surface area contributed by atoms with Gasteiger partial charge in [-0.05, 0) is 30.3 Å². The molecule has 0 radical (unpaired) electrons. The second kappa shape index (κ2) is 5.31. The summed E-state index contributed by atoms with van der Waals surface area (Å²) < 4.78 is 26.8. The molecule has 0 aromatic heterocycles. The van der Waals surface area contributed by atoms with Gasteiger partial charge in [-0.1, -0.05) is 29.8 Å². The second-order valence-electron chi connectivity index (χ2n) is 3.72. The summed E-state index contributed by atoms with van der Waals surface area (Å²) in [6, 6.07) is 14.2. The van der Waals surface area contributed by atoms with Gasteiger partial charge in [0, 0.05) is 5.02 Å². The SMILES string of the molecule is N#Cc1ccccc1S(=O)(=O)Nc1cccc(Cl)c1. The minimum atomic E-state index is -3.80. The maximum atomic E-state index is 12.2. The molecular formula is C13H9ClN2O2S. The van der Waals surface area contributed by atoms with Crippen LogP contribution in [0.25, 0.3) is 0 Å². The van der Waals surface area contributed by atoms with Crippen molar-refractivity contribution in [2.24, 2.45) is 0 Å². The van der Waals surface area contributed by atoms with Crippen molar-refractivity contribution in [2.75, 3.05) is 4.72 Å². The average molecular weight is 293 g/mol. The fourth-order valence-electron chi connectivity index (χ4n) is 1.56. The number of nitrogens with zero attached hydrogens (tertiary/aromatic N) is 1. The van der Waals surface area contributed by atoms with Crippen LogP contribution in [-0.4, -0.2) is 8.42 Å². The summed E-state index contributed by atoms with van der Waals surface area (Å²) in [6.45, 7) is 0. The molecule has 0 amide bonds. The van der Waals surface area contributed by atoms with Crippen LogP contribution in [0.5, 0.6) is 0 Å². The predicted molar refractivity (Wildman–Crippen MR) is 73.4 cm³/mol. The summed E-state index contributed by atoms with van der Waals surface area (Å²) in [7, 11) is -3.80. The van der Waals surface area contributed by atoms with E-state index in [1.807, 2.05) is 6.07 Å². The van der Waals surface area contributed by atoms with Gasteiger partial charge in [0.2, 0.25) is 0 Å². The minimum absolute atomic E-state index is 0.0579. The number of nitrogens with one attached hydrogen (secondary N) is 1. The Morgan fingerprint density at radius 2 is 1.84 bits per heavy atom. The van der Waals surface area contributed by atoms with Crippen LogP contribution in [0.15, 0.2) is 53.4 Å². The van der Waals surface area contributed by atoms with Crippen molar-refractivity contribution >= 4 is 27.3 Å². The molecule has 96 valence electrons. The number of benzene rings is 2. The van der Waals surface area contributed by atoms with Crippen LogP contribution < -0.4 is 4.72 Å². The Morgan fingerprint density at radius 1 is 1.11 bits per heavy atom. The smallest absolute Gasteiger partial charge is 0.263 e. The van der Waals surface area contributed by atoms with Gasteiger partial charge < -0.3 is 0 Å². The minimum Gasteiger partial charge on any atom is -0.280 e. The lowest BCUT2D eigenvalue weighted by Crippen LogP contribution is -2.14. The number of sulfonamides is 1. The van der Waals surface area contributed by atoms with E-state index >= 15 is 0 Å². The summed E-state index contributed by atoms with van der Waals surface area (Å²) in [5, 5.41) is 9.35. The molecule has 6 heteroatoms. The largest absolute Gasteiger partial charge is 0.280 e. The Kier molecular flexibility index (Phi) is 3.74. The van der Waals surface area contributed by atoms with Crippen molar-refractivity contribution in [3.05, 3.63) is 59.1 Å². The molecular weight excluding hydrogens is 284 g/mol. The molecule has 2 aromatic carbocycles. The number of rotatable bonds is 3. The van der Waals surface area contributed by atoms with E-state index in [0.29, 0.717) is 10.7 Å². The van der Waals surface area contributed by atoms with Crippen molar-refractivity contribution in [3.63, 3.8) is 0 Å². The van der Waals surface area contributed by atoms with Crippen molar-refractivity contribution in [1.82, 2.24) is 0 Å². The summed E-state index contributed by atoms with van der Waals surface area (Å²) >= 11 is 5.79. The van der Waals surface area contributed by atoms with Crippen LogP contribution in [0.4, 0.5) is 5.69 Å². The number of halogens is 1. The quantitative estimate of drug-likeness (QED) is 0.945. The molecule has 2 aromatic rings. The third-order valence-corrected chi connectivity index (χ3v) is 4.05. The van der Waals surface area contributed by atoms with Crippen molar-refractivity contribution < 1.29 is 8.42 Å². The fraction of sp³-hybridized carbons (Fsp3) is 0. The van der Waals surface area contributed by atoms with Crippen molar-refractivity contribution in [1.29, 1.82) is 5.26 Å². The topological polar surface area (TPSA) is 70.0 Å². The van der Waals surface area contributed by atoms with Gasteiger partial charge in [0.15, 0.2) is 0 Å². The van der Waals surface area contributed by atoms with E-state index in [9.17, 15) is 8.42 Å². The van der Waals surface area contributed by atoms with Gasteiger partial charge in [-0.15, -0.1) is 0 Å². The summed E-state index contributed by atoms with van der Waals surface area (Å²) in [6.07, 6.45) is 0. The highest BCUT2D eigenvalue weighted by Gasteiger charge is 2.18. The highest BCUT2D eigenvalue weighted by molar-refractivity contribution is 7.92. The molecule has 1 N–H and O–H groups in total. The third kappa shape index (κ3) is 3.05. The molecule has 0 spiro atoms. The van der Waals surface area contributed by atoms with Gasteiger partial charge in [-0.3, -0.25) is 4.72 Å². The Balaban J connectivity index is 2.41. The van der Waals surface area contributed by atoms with Crippen LogP contribution in [0, 0.1) is 11.3 Å². The first-order valence-electron chi connectivity index (χ1n) is 5.30. The molecule has 0 saturated heterocycles. The van der Waals surface area contributed by atoms with Crippen LogP contribution in [0.2, 0.25) is 5.02 Å². The molecule has 2 rings (SSSR count). The van der Waals surface area contributed by atoms with Crippen molar-refractivity contribution in [3.8, 4) is 6.07 Å². The summed E-state index contributed by atoms with van der Waals surface area (Å²) in [5.41, 5.74) is 0.442. The fourth-order valence-corrected chi connectivity index (χ4v) is 2.95. The predicted octanol–water partition coefficient (Wildman–Crippen LogP) is 3.01. The maximum Gasteiger partial charge on any atom is 0.263 e. The van der Waals surface area contributed by atoms with Gasteiger partial charge in [0.1, 0.15) is 11.0 Å². The van der Waals surface area contributed by atoms with Gasteiger partial charge >= 0.3 is 0 Å². The first kappa shape index (κ1) is 13.4. The first-order chi connectivity index (χ1) is 9.03. The Morgan fingerprint density at radius 3 is 2.53 bits per heavy atom. The van der Waals surface area contributed by atoms with Crippen LogP contribution in [0.3, 0.4) is 0 Å². The Labute approximate surface area is 116 Å². The van der Waals surface area contributed by atoms with Gasteiger partial charge in [-0.25, -0.2) is 8.42 Å². The molecule has 4 nitrogen and oxygen atoms in total. The van der Waals surface area contributed by atoms with Crippen molar-refractivity contribution in [2.45, 2.75) is 4.90 Å². The third-order valence-electron chi connectivity index (χ3n) is 2.37. The normalized spacial score (nSPS) is 10.7. The molecule has 0 aliphatic carbocycles. The highest BCUT2D eigenvalue weighted by Crippen LogP contribution is 2.21. The lowest BCUT2D eigenvalue weighted by molar-refractivity contribution is 0.601. The number of hydrogen-bond acceptors (Lipinski definition) is 3. The highest BCUT2D eigenvalue weighted by atomic mass is 35.5. The van der Waals surface area contributed by atoms with E-state index in [1.54, 1.807) is 30.3 Å².